The quantitative estimate of drug-likeness (QED) is 0.697. The van der Waals surface area contributed by atoms with Crippen molar-refractivity contribution in [3.8, 4) is 11.4 Å². The van der Waals surface area contributed by atoms with Crippen molar-refractivity contribution in [2.24, 2.45) is 5.92 Å². The summed E-state index contributed by atoms with van der Waals surface area (Å²) < 4.78 is 8.24. The Balaban J connectivity index is 1.54. The van der Waals surface area contributed by atoms with Crippen molar-refractivity contribution in [3.63, 3.8) is 0 Å². The monoisotopic (exact) mass is 412 g/mol. The van der Waals surface area contributed by atoms with Crippen molar-refractivity contribution in [1.29, 1.82) is 0 Å². The summed E-state index contributed by atoms with van der Waals surface area (Å²) in [6, 6.07) is 11.9. The Hall–Kier alpha value is -2.90. The van der Waals surface area contributed by atoms with Crippen LogP contribution in [-0.4, -0.2) is 34.1 Å². The van der Waals surface area contributed by atoms with E-state index in [4.69, 9.17) is 16.3 Å². The average molecular weight is 413 g/mol. The zero-order chi connectivity index (χ0) is 20.2. The van der Waals surface area contributed by atoms with Gasteiger partial charge in [0.15, 0.2) is 0 Å². The van der Waals surface area contributed by atoms with E-state index >= 15 is 0 Å². The van der Waals surface area contributed by atoms with Gasteiger partial charge in [-0.05, 0) is 49.1 Å². The van der Waals surface area contributed by atoms with Gasteiger partial charge in [0, 0.05) is 31.1 Å². The fourth-order valence-electron chi connectivity index (χ4n) is 3.36. The second kappa shape index (κ2) is 8.63. The van der Waals surface area contributed by atoms with Gasteiger partial charge in [0.05, 0.1) is 24.2 Å². The Labute approximate surface area is 172 Å². The maximum absolute atomic E-state index is 12.7. The molecule has 0 saturated carbocycles. The first kappa shape index (κ1) is 19.4. The van der Waals surface area contributed by atoms with Gasteiger partial charge in [0.2, 0.25) is 0 Å². The normalized spacial score (nSPS) is 16.5. The summed E-state index contributed by atoms with van der Waals surface area (Å²) in [5.74, 6) is 0.399. The molecule has 1 aliphatic rings. The van der Waals surface area contributed by atoms with E-state index in [-0.39, 0.29) is 10.6 Å². The van der Waals surface area contributed by atoms with Gasteiger partial charge in [-0.1, -0.05) is 17.7 Å². The molecule has 1 aliphatic heterocycles. The number of pyridine rings is 1. The number of hydrogen-bond donors (Lipinski definition) is 1. The molecule has 4 rings (SSSR count). The molecule has 0 unspecified atom stereocenters. The van der Waals surface area contributed by atoms with E-state index in [1.807, 2.05) is 0 Å². The first-order valence-corrected chi connectivity index (χ1v) is 9.89. The third-order valence-electron chi connectivity index (χ3n) is 4.95. The van der Waals surface area contributed by atoms with Crippen LogP contribution < -0.4 is 16.4 Å². The van der Waals surface area contributed by atoms with E-state index in [0.717, 1.165) is 19.4 Å². The first-order chi connectivity index (χ1) is 14.1. The number of halogens is 1. The van der Waals surface area contributed by atoms with Crippen LogP contribution in [-0.2, 0) is 4.74 Å². The van der Waals surface area contributed by atoms with Gasteiger partial charge in [0.25, 0.3) is 11.1 Å². The Morgan fingerprint density at radius 3 is 2.66 bits per heavy atom. The maximum Gasteiger partial charge on any atom is 0.292 e. The highest BCUT2D eigenvalue weighted by atomic mass is 35.5. The zero-order valence-electron chi connectivity index (χ0n) is 15.8. The van der Waals surface area contributed by atoms with Crippen molar-refractivity contribution < 1.29 is 4.74 Å². The Kier molecular flexibility index (Phi) is 5.78. The lowest BCUT2D eigenvalue weighted by molar-refractivity contribution is 0.0595. The highest BCUT2D eigenvalue weighted by Gasteiger charge is 2.16. The lowest BCUT2D eigenvalue weighted by atomic mass is 10.0. The molecule has 0 aliphatic carbocycles. The summed E-state index contributed by atoms with van der Waals surface area (Å²) in [4.78, 5) is 24.6. The highest BCUT2D eigenvalue weighted by Crippen LogP contribution is 2.20. The second-order valence-corrected chi connectivity index (χ2v) is 7.36. The minimum atomic E-state index is -0.402. The molecule has 3 aromatic rings. The zero-order valence-corrected chi connectivity index (χ0v) is 16.5. The van der Waals surface area contributed by atoms with Crippen LogP contribution in [0.15, 0.2) is 64.4 Å². The SMILES string of the molecule is O=c1ccccn1-c1ccc(-n2ncc(NC[C@@H]3CCCOC3)c(Cl)c2=O)cc1. The number of anilines is 1. The predicted molar refractivity (Wildman–Crippen MR) is 112 cm³/mol. The van der Waals surface area contributed by atoms with Gasteiger partial charge in [-0.25, -0.2) is 0 Å². The van der Waals surface area contributed by atoms with Crippen LogP contribution in [0.4, 0.5) is 5.69 Å². The smallest absolute Gasteiger partial charge is 0.292 e. The third kappa shape index (κ3) is 4.26. The molecule has 1 saturated heterocycles. The molecule has 1 aromatic carbocycles. The number of ether oxygens (including phenoxy) is 1. The minimum Gasteiger partial charge on any atom is -0.382 e. The standard InChI is InChI=1S/C21H21ClN4O3/c22-20-18(23-12-15-4-3-11-29-14-15)13-24-26(21(20)28)17-8-6-16(7-9-17)25-10-2-1-5-19(25)27/h1-2,5-10,13,15,23H,3-4,11-12,14H2/t15-/m0/s1. The summed E-state index contributed by atoms with van der Waals surface area (Å²) in [5.41, 5.74) is 1.26. The van der Waals surface area contributed by atoms with Crippen LogP contribution in [0.2, 0.25) is 5.02 Å². The Bertz CT molecular complexity index is 1100. The summed E-state index contributed by atoms with van der Waals surface area (Å²) in [5, 5.41) is 7.56. The minimum absolute atomic E-state index is 0.0973. The van der Waals surface area contributed by atoms with Gasteiger partial charge in [0.1, 0.15) is 5.02 Å². The fourth-order valence-corrected chi connectivity index (χ4v) is 3.55. The molecule has 0 radical (unpaired) electrons. The van der Waals surface area contributed by atoms with E-state index in [1.165, 1.54) is 15.3 Å². The molecular weight excluding hydrogens is 392 g/mol. The van der Waals surface area contributed by atoms with Gasteiger partial charge in [-0.3, -0.25) is 14.2 Å². The molecule has 2 aromatic heterocycles. The summed E-state index contributed by atoms with van der Waals surface area (Å²) in [6.07, 6.45) is 5.39. The van der Waals surface area contributed by atoms with Gasteiger partial charge in [-0.2, -0.15) is 9.78 Å². The largest absolute Gasteiger partial charge is 0.382 e. The molecule has 3 heterocycles. The molecule has 1 fully saturated rings. The molecule has 29 heavy (non-hydrogen) atoms. The molecule has 0 bridgehead atoms. The van der Waals surface area contributed by atoms with Gasteiger partial charge in [-0.15, -0.1) is 0 Å². The van der Waals surface area contributed by atoms with E-state index < -0.39 is 5.56 Å². The number of nitrogens with zero attached hydrogens (tertiary/aromatic N) is 3. The van der Waals surface area contributed by atoms with Gasteiger partial charge >= 0.3 is 0 Å². The van der Waals surface area contributed by atoms with Crippen LogP contribution in [0.1, 0.15) is 12.8 Å². The number of rotatable bonds is 5. The van der Waals surface area contributed by atoms with Crippen molar-refractivity contribution in [1.82, 2.24) is 14.3 Å². The number of hydrogen-bond acceptors (Lipinski definition) is 5. The summed E-state index contributed by atoms with van der Waals surface area (Å²) in [7, 11) is 0. The second-order valence-electron chi connectivity index (χ2n) is 6.98. The molecule has 8 heteroatoms. The molecule has 0 spiro atoms. The fraction of sp³-hybridized carbons (Fsp3) is 0.286. The van der Waals surface area contributed by atoms with Crippen LogP contribution in [0.5, 0.6) is 0 Å². The number of benzene rings is 1. The molecule has 1 atom stereocenters. The number of nitrogens with one attached hydrogen (secondary N) is 1. The van der Waals surface area contributed by atoms with E-state index in [1.54, 1.807) is 48.8 Å². The molecule has 1 N–H and O–H groups in total. The van der Waals surface area contributed by atoms with Crippen LogP contribution in [0.3, 0.4) is 0 Å². The lowest BCUT2D eigenvalue weighted by Crippen LogP contribution is -2.26. The molecule has 0 amide bonds. The van der Waals surface area contributed by atoms with Crippen LogP contribution >= 0.6 is 11.6 Å². The topological polar surface area (TPSA) is 78.2 Å². The van der Waals surface area contributed by atoms with Crippen LogP contribution in [0, 0.1) is 5.92 Å². The Morgan fingerprint density at radius 2 is 1.93 bits per heavy atom. The van der Waals surface area contributed by atoms with Crippen LogP contribution in [0.25, 0.3) is 11.4 Å². The Morgan fingerprint density at radius 1 is 1.14 bits per heavy atom. The van der Waals surface area contributed by atoms with Crippen molar-refractivity contribution in [2.45, 2.75) is 12.8 Å². The van der Waals surface area contributed by atoms with Gasteiger partial charge < -0.3 is 10.1 Å². The molecule has 150 valence electrons. The average Bonchev–Trinajstić information content (AvgIpc) is 2.76. The maximum atomic E-state index is 12.7. The lowest BCUT2D eigenvalue weighted by Gasteiger charge is -2.22. The van der Waals surface area contributed by atoms with Crippen molar-refractivity contribution in [3.05, 3.63) is 80.6 Å². The summed E-state index contributed by atoms with van der Waals surface area (Å²) in [6.45, 7) is 2.21. The van der Waals surface area contributed by atoms with Crippen molar-refractivity contribution >= 4 is 17.3 Å². The number of aromatic nitrogens is 3. The molecule has 7 nitrogen and oxygen atoms in total. The predicted octanol–water partition coefficient (Wildman–Crippen LogP) is 2.88. The first-order valence-electron chi connectivity index (χ1n) is 9.51. The van der Waals surface area contributed by atoms with Crippen molar-refractivity contribution in [2.75, 3.05) is 25.1 Å². The van der Waals surface area contributed by atoms with E-state index in [9.17, 15) is 9.59 Å². The van der Waals surface area contributed by atoms with E-state index in [0.29, 0.717) is 36.1 Å². The molecular formula is C21H21ClN4O3. The third-order valence-corrected chi connectivity index (χ3v) is 5.31. The highest BCUT2D eigenvalue weighted by molar-refractivity contribution is 6.32. The van der Waals surface area contributed by atoms with E-state index in [2.05, 4.69) is 10.4 Å². The summed E-state index contributed by atoms with van der Waals surface area (Å²) >= 11 is 6.30.